The van der Waals surface area contributed by atoms with Gasteiger partial charge in [-0.1, -0.05) is 273 Å². The second kappa shape index (κ2) is 61.1. The van der Waals surface area contributed by atoms with Crippen molar-refractivity contribution in [2.75, 3.05) is 13.2 Å². The first kappa shape index (κ1) is 69.6. The lowest BCUT2D eigenvalue weighted by Gasteiger charge is -2.18. The Morgan fingerprint density at radius 1 is 0.288 bits per heavy atom. The molecule has 0 aromatic rings. The first-order valence-corrected chi connectivity index (χ1v) is 31.1. The van der Waals surface area contributed by atoms with E-state index in [0.717, 1.165) is 122 Å². The monoisotopic (exact) mass is 1020 g/mol. The zero-order valence-electron chi connectivity index (χ0n) is 48.1. The SMILES string of the molecule is CC/C=C\C/C=C\C/C=C\C/C=C\C/C=C\CCCCCCCC(=O)OCC(COC(=O)CCCCCCCCCCCCCCCCCCC)OC(=O)CCCCCCCCC/C=C\C/C=C\CCCCC. The predicted molar refractivity (Wildman–Crippen MR) is 316 cm³/mol. The van der Waals surface area contributed by atoms with E-state index in [4.69, 9.17) is 14.2 Å². The van der Waals surface area contributed by atoms with E-state index < -0.39 is 6.10 Å². The summed E-state index contributed by atoms with van der Waals surface area (Å²) >= 11 is 0. The summed E-state index contributed by atoms with van der Waals surface area (Å²) in [6.45, 7) is 6.51. The normalized spacial score (nSPS) is 12.6. The van der Waals surface area contributed by atoms with Gasteiger partial charge < -0.3 is 14.2 Å². The molecule has 0 saturated heterocycles. The van der Waals surface area contributed by atoms with Crippen molar-refractivity contribution < 1.29 is 28.6 Å². The number of hydrogen-bond donors (Lipinski definition) is 0. The molecule has 0 aliphatic heterocycles. The van der Waals surface area contributed by atoms with Crippen LogP contribution in [0.2, 0.25) is 0 Å². The third kappa shape index (κ3) is 59.3. The number of esters is 3. The first-order valence-electron chi connectivity index (χ1n) is 31.1. The van der Waals surface area contributed by atoms with Gasteiger partial charge in [-0.25, -0.2) is 0 Å². The fourth-order valence-electron chi connectivity index (χ4n) is 8.74. The van der Waals surface area contributed by atoms with E-state index in [0.29, 0.717) is 19.3 Å². The van der Waals surface area contributed by atoms with E-state index in [1.54, 1.807) is 0 Å². The minimum atomic E-state index is -0.789. The third-order valence-corrected chi connectivity index (χ3v) is 13.4. The van der Waals surface area contributed by atoms with Gasteiger partial charge in [-0.05, 0) is 96.3 Å². The molecule has 0 amide bonds. The Hall–Kier alpha value is -3.41. The van der Waals surface area contributed by atoms with Gasteiger partial charge >= 0.3 is 17.9 Å². The van der Waals surface area contributed by atoms with Crippen molar-refractivity contribution in [3.63, 3.8) is 0 Å². The van der Waals surface area contributed by atoms with Gasteiger partial charge in [0.25, 0.3) is 0 Å². The molecule has 0 N–H and O–H groups in total. The number of carbonyl (C=O) groups is 3. The fraction of sp³-hybridized carbons (Fsp3) is 0.746. The summed E-state index contributed by atoms with van der Waals surface area (Å²) in [6, 6.07) is 0. The molecule has 0 aliphatic rings. The Morgan fingerprint density at radius 2 is 0.534 bits per heavy atom. The van der Waals surface area contributed by atoms with Crippen molar-refractivity contribution in [2.24, 2.45) is 0 Å². The van der Waals surface area contributed by atoms with E-state index in [2.05, 4.69) is 106 Å². The second-order valence-corrected chi connectivity index (χ2v) is 20.6. The number of hydrogen-bond acceptors (Lipinski definition) is 6. The van der Waals surface area contributed by atoms with Crippen molar-refractivity contribution in [1.29, 1.82) is 0 Å². The molecule has 0 rings (SSSR count). The molecule has 0 bridgehead atoms. The largest absolute Gasteiger partial charge is 0.462 e. The Labute approximate surface area is 452 Å². The third-order valence-electron chi connectivity index (χ3n) is 13.4. The molecule has 1 atom stereocenters. The van der Waals surface area contributed by atoms with Crippen LogP contribution in [0.4, 0.5) is 0 Å². The van der Waals surface area contributed by atoms with Gasteiger partial charge in [-0.3, -0.25) is 14.4 Å². The summed E-state index contributed by atoms with van der Waals surface area (Å²) in [5.41, 5.74) is 0. The van der Waals surface area contributed by atoms with Gasteiger partial charge in [0.15, 0.2) is 6.10 Å². The van der Waals surface area contributed by atoms with Crippen molar-refractivity contribution in [2.45, 2.75) is 309 Å². The maximum atomic E-state index is 12.9. The van der Waals surface area contributed by atoms with Gasteiger partial charge in [0, 0.05) is 19.3 Å². The van der Waals surface area contributed by atoms with E-state index in [-0.39, 0.29) is 31.1 Å². The van der Waals surface area contributed by atoms with E-state index in [1.165, 1.54) is 141 Å². The molecule has 6 nitrogen and oxygen atoms in total. The van der Waals surface area contributed by atoms with Crippen LogP contribution in [0.1, 0.15) is 303 Å². The number of carbonyl (C=O) groups excluding carboxylic acids is 3. The minimum Gasteiger partial charge on any atom is -0.462 e. The molecule has 0 spiro atoms. The van der Waals surface area contributed by atoms with E-state index in [1.807, 2.05) is 0 Å². The summed E-state index contributed by atoms with van der Waals surface area (Å²) in [4.78, 5) is 38.3. The van der Waals surface area contributed by atoms with Crippen LogP contribution < -0.4 is 0 Å². The Morgan fingerprint density at radius 3 is 0.863 bits per heavy atom. The first-order chi connectivity index (χ1) is 36.0. The maximum Gasteiger partial charge on any atom is 0.306 e. The van der Waals surface area contributed by atoms with E-state index in [9.17, 15) is 14.4 Å². The highest BCUT2D eigenvalue weighted by Gasteiger charge is 2.19. The molecular formula is C67H116O6. The molecule has 73 heavy (non-hydrogen) atoms. The maximum absolute atomic E-state index is 12.9. The molecule has 0 aromatic heterocycles. The highest BCUT2D eigenvalue weighted by molar-refractivity contribution is 5.71. The predicted octanol–water partition coefficient (Wildman–Crippen LogP) is 21.1. The minimum absolute atomic E-state index is 0.0837. The lowest BCUT2D eigenvalue weighted by molar-refractivity contribution is -0.167. The average molecular weight is 1020 g/mol. The number of rotatable bonds is 56. The fourth-order valence-corrected chi connectivity index (χ4v) is 8.74. The standard InChI is InChI=1S/C67H116O6/c1-4-7-10-13-16-19-22-25-28-31-32-33-34-37-39-42-45-48-51-54-57-60-66(69)72-63-64(73-67(70)61-58-55-52-49-46-43-40-36-30-27-24-21-18-15-12-9-6-3)62-71-65(68)59-56-53-50-47-44-41-38-35-29-26-23-20-17-14-11-8-5-2/h7,10,16,18-19,21,25,27-28,30,32-33,37,39,64H,4-6,8-9,11-15,17,20,22-24,26,29,31,34-36,38,40-63H2,1-3H3/b10-7-,19-16-,21-18-,28-25-,30-27-,33-32-,39-37-. The van der Waals surface area contributed by atoms with Crippen LogP contribution in [0, 0.1) is 0 Å². The van der Waals surface area contributed by atoms with Crippen LogP contribution in [-0.4, -0.2) is 37.2 Å². The van der Waals surface area contributed by atoms with Crippen molar-refractivity contribution in [1.82, 2.24) is 0 Å². The molecule has 0 fully saturated rings. The highest BCUT2D eigenvalue weighted by Crippen LogP contribution is 2.16. The van der Waals surface area contributed by atoms with E-state index >= 15 is 0 Å². The summed E-state index contributed by atoms with van der Waals surface area (Å²) in [7, 11) is 0. The van der Waals surface area contributed by atoms with Crippen LogP contribution in [0.5, 0.6) is 0 Å². The van der Waals surface area contributed by atoms with Gasteiger partial charge in [-0.2, -0.15) is 0 Å². The molecular weight excluding hydrogens is 901 g/mol. The molecule has 0 heterocycles. The summed E-state index contributed by atoms with van der Waals surface area (Å²) < 4.78 is 16.9. The lowest BCUT2D eigenvalue weighted by atomic mass is 10.0. The Bertz CT molecular complexity index is 1400. The molecule has 0 aromatic carbocycles. The number of unbranched alkanes of at least 4 members (excludes halogenated alkanes) is 31. The van der Waals surface area contributed by atoms with Gasteiger partial charge in [-0.15, -0.1) is 0 Å². The molecule has 0 radical (unpaired) electrons. The molecule has 420 valence electrons. The molecule has 1 unspecified atom stereocenters. The average Bonchev–Trinajstić information content (AvgIpc) is 3.39. The van der Waals surface area contributed by atoms with Crippen molar-refractivity contribution in [3.05, 3.63) is 85.1 Å². The van der Waals surface area contributed by atoms with Crippen molar-refractivity contribution >= 4 is 17.9 Å². The van der Waals surface area contributed by atoms with Crippen LogP contribution in [0.3, 0.4) is 0 Å². The zero-order valence-corrected chi connectivity index (χ0v) is 48.1. The molecule has 6 heteroatoms. The lowest BCUT2D eigenvalue weighted by Crippen LogP contribution is -2.30. The smallest absolute Gasteiger partial charge is 0.306 e. The number of ether oxygens (including phenoxy) is 3. The van der Waals surface area contributed by atoms with Gasteiger partial charge in [0.2, 0.25) is 0 Å². The topological polar surface area (TPSA) is 78.9 Å². The summed E-state index contributed by atoms with van der Waals surface area (Å²) in [5, 5.41) is 0. The quantitative estimate of drug-likeness (QED) is 0.0261. The van der Waals surface area contributed by atoms with Gasteiger partial charge in [0.05, 0.1) is 0 Å². The van der Waals surface area contributed by atoms with Crippen LogP contribution in [-0.2, 0) is 28.6 Å². The Balaban J connectivity index is 4.42. The second-order valence-electron chi connectivity index (χ2n) is 20.6. The van der Waals surface area contributed by atoms with Crippen LogP contribution in [0.15, 0.2) is 85.1 Å². The summed E-state index contributed by atoms with van der Waals surface area (Å²) in [5.74, 6) is -0.899. The zero-order chi connectivity index (χ0) is 52.9. The van der Waals surface area contributed by atoms with Gasteiger partial charge in [0.1, 0.15) is 13.2 Å². The molecule has 0 aliphatic carbocycles. The highest BCUT2D eigenvalue weighted by atomic mass is 16.6. The number of allylic oxidation sites excluding steroid dienone is 14. The van der Waals surface area contributed by atoms with Crippen LogP contribution in [0.25, 0.3) is 0 Å². The van der Waals surface area contributed by atoms with Crippen LogP contribution >= 0.6 is 0 Å². The molecule has 0 saturated carbocycles. The summed E-state index contributed by atoms with van der Waals surface area (Å²) in [6.07, 6.45) is 80.0. The van der Waals surface area contributed by atoms with Crippen molar-refractivity contribution in [3.8, 4) is 0 Å². The Kier molecular flexibility index (Phi) is 58.3.